The summed E-state index contributed by atoms with van der Waals surface area (Å²) in [5, 5.41) is 2.19. The molecule has 5 atom stereocenters. The van der Waals surface area contributed by atoms with Crippen molar-refractivity contribution in [2.75, 3.05) is 13.2 Å². The molecule has 2 aliphatic rings. The topological polar surface area (TPSA) is 71.1 Å². The Balaban J connectivity index is 1.76. The number of carbonyl (C=O) groups excluding carboxylic acids is 2. The predicted molar refractivity (Wildman–Crippen MR) is 135 cm³/mol. The lowest BCUT2D eigenvalue weighted by Gasteiger charge is -2.29. The number of fused-ring (bicyclic) bond motifs is 6. The molecule has 1 saturated carbocycles. The second kappa shape index (κ2) is 10.3. The van der Waals surface area contributed by atoms with Crippen LogP contribution in [0.15, 0.2) is 43.5 Å². The van der Waals surface area contributed by atoms with Crippen molar-refractivity contribution in [1.82, 2.24) is 0 Å². The minimum absolute atomic E-state index is 0.189. The molecule has 2 aromatic carbocycles. The third kappa shape index (κ3) is 4.90. The van der Waals surface area contributed by atoms with Gasteiger partial charge >= 0.3 is 11.9 Å². The van der Waals surface area contributed by atoms with E-state index in [1.165, 1.54) is 0 Å². The Kier molecular flexibility index (Phi) is 7.41. The van der Waals surface area contributed by atoms with E-state index in [9.17, 15) is 9.59 Å². The molecular weight excluding hydrogens is 468 g/mol. The van der Waals surface area contributed by atoms with Crippen LogP contribution in [0.4, 0.5) is 0 Å². The first kappa shape index (κ1) is 25.1. The van der Waals surface area contributed by atoms with Crippen LogP contribution in [-0.4, -0.2) is 37.4 Å². The maximum absolute atomic E-state index is 11.6. The van der Waals surface area contributed by atoms with Crippen LogP contribution in [-0.2, 0) is 19.1 Å². The molecule has 0 spiro atoms. The van der Waals surface area contributed by atoms with Crippen LogP contribution >= 0.6 is 11.6 Å². The van der Waals surface area contributed by atoms with E-state index in [4.69, 9.17) is 30.5 Å². The van der Waals surface area contributed by atoms with Crippen LogP contribution in [0.5, 0.6) is 11.5 Å². The zero-order chi connectivity index (χ0) is 25.3. The lowest BCUT2D eigenvalue weighted by Crippen LogP contribution is -2.23. The van der Waals surface area contributed by atoms with Crippen molar-refractivity contribution in [3.05, 3.63) is 59.7 Å². The minimum atomic E-state index is -0.489. The normalized spacial score (nSPS) is 21.7. The number of carbonyl (C=O) groups is 2. The lowest BCUT2D eigenvalue weighted by molar-refractivity contribution is -0.144. The number of hydrogen-bond donors (Lipinski definition) is 0. The number of rotatable bonds is 10. The van der Waals surface area contributed by atoms with E-state index in [0.29, 0.717) is 22.8 Å². The average molecular weight is 499 g/mol. The van der Waals surface area contributed by atoms with E-state index in [-0.39, 0.29) is 13.2 Å². The second-order valence-electron chi connectivity index (χ2n) is 9.43. The fourth-order valence-corrected chi connectivity index (χ4v) is 5.66. The maximum atomic E-state index is 11.6. The zero-order valence-corrected chi connectivity index (χ0v) is 21.1. The van der Waals surface area contributed by atoms with Gasteiger partial charge in [-0.1, -0.05) is 43.8 Å². The van der Waals surface area contributed by atoms with E-state index in [1.807, 2.05) is 18.2 Å². The summed E-state index contributed by atoms with van der Waals surface area (Å²) in [4.78, 5) is 23.2. The molecule has 0 radical (unpaired) electrons. The zero-order valence-electron chi connectivity index (χ0n) is 20.3. The van der Waals surface area contributed by atoms with Gasteiger partial charge in [-0.3, -0.25) is 0 Å². The molecule has 6 nitrogen and oxygen atoms in total. The highest BCUT2D eigenvalue weighted by Gasteiger charge is 2.46. The molecule has 5 unspecified atom stereocenters. The molecule has 0 aromatic heterocycles. The molecule has 0 N–H and O–H groups in total. The van der Waals surface area contributed by atoms with Crippen LogP contribution in [0.2, 0.25) is 5.02 Å². The Bertz CT molecular complexity index is 1170. The van der Waals surface area contributed by atoms with Crippen molar-refractivity contribution in [2.45, 2.75) is 57.7 Å². The Morgan fingerprint density at radius 2 is 1.60 bits per heavy atom. The van der Waals surface area contributed by atoms with E-state index in [2.05, 4.69) is 20.1 Å². The van der Waals surface area contributed by atoms with Gasteiger partial charge in [0.1, 0.15) is 36.9 Å². The molecule has 0 amide bonds. The minimum Gasteiger partial charge on any atom is -0.489 e. The van der Waals surface area contributed by atoms with E-state index < -0.39 is 24.1 Å². The second-order valence-corrected chi connectivity index (χ2v) is 9.83. The first-order chi connectivity index (χ1) is 16.7. The number of benzene rings is 2. The number of ether oxygens (including phenoxy) is 4. The molecule has 2 aromatic rings. The molecule has 2 aliphatic carbocycles. The predicted octanol–water partition coefficient (Wildman–Crippen LogP) is 6.10. The van der Waals surface area contributed by atoms with Crippen LogP contribution in [0.3, 0.4) is 0 Å². The van der Waals surface area contributed by atoms with Crippen molar-refractivity contribution in [1.29, 1.82) is 0 Å². The summed E-state index contributed by atoms with van der Waals surface area (Å²) >= 11 is 6.72. The van der Waals surface area contributed by atoms with Gasteiger partial charge in [-0.25, -0.2) is 9.59 Å². The highest BCUT2D eigenvalue weighted by Crippen LogP contribution is 2.63. The first-order valence-electron chi connectivity index (χ1n) is 11.9. The monoisotopic (exact) mass is 498 g/mol. The summed E-state index contributed by atoms with van der Waals surface area (Å²) in [5.41, 5.74) is 2.28. The van der Waals surface area contributed by atoms with Gasteiger partial charge in [0.2, 0.25) is 0 Å². The molecule has 0 heterocycles. The number of esters is 2. The Morgan fingerprint density at radius 1 is 1.00 bits per heavy atom. The highest BCUT2D eigenvalue weighted by molar-refractivity contribution is 6.36. The molecular formula is C28H31ClO6. The average Bonchev–Trinajstić information content (AvgIpc) is 3.38. The number of hydrogen-bond acceptors (Lipinski definition) is 6. The molecule has 0 aliphatic heterocycles. The van der Waals surface area contributed by atoms with Gasteiger partial charge < -0.3 is 18.9 Å². The molecule has 186 valence electrons. The molecule has 35 heavy (non-hydrogen) atoms. The fourth-order valence-electron chi connectivity index (χ4n) is 5.40. The first-order valence-corrected chi connectivity index (χ1v) is 12.3. The quantitative estimate of drug-likeness (QED) is 0.291. The molecule has 4 rings (SSSR count). The van der Waals surface area contributed by atoms with Gasteiger partial charge in [-0.05, 0) is 50.5 Å². The molecule has 2 bridgehead atoms. The third-order valence-corrected chi connectivity index (χ3v) is 7.13. The van der Waals surface area contributed by atoms with Crippen LogP contribution in [0.1, 0.15) is 56.6 Å². The van der Waals surface area contributed by atoms with Crippen molar-refractivity contribution in [3.63, 3.8) is 0 Å². The molecule has 7 heteroatoms. The molecule has 1 fully saturated rings. The summed E-state index contributed by atoms with van der Waals surface area (Å²) in [5.74, 6) is 1.74. The SMILES string of the molecule is C=CC(=O)OC(C)COc1c2c(c(OCC(C)OC(=O)C=C)c3c(Cl)cccc13)C1CC(C)C2C1. The fraction of sp³-hybridized carbons (Fsp3) is 0.429. The maximum Gasteiger partial charge on any atom is 0.330 e. The van der Waals surface area contributed by atoms with Crippen molar-refractivity contribution >= 4 is 34.3 Å². The van der Waals surface area contributed by atoms with Crippen LogP contribution < -0.4 is 9.47 Å². The Labute approximate surface area is 210 Å². The van der Waals surface area contributed by atoms with Gasteiger partial charge in [0, 0.05) is 34.1 Å². The standard InChI is InChI=1S/C28H31ClO6/c1-6-22(30)34-16(4)13-32-27-19-9-8-10-21(29)25(19)28(33-14-17(5)35-23(31)7-2)24-18-11-15(3)20(12-18)26(24)27/h6-10,15-18,20H,1-2,11-14H2,3-5H3. The molecule has 0 saturated heterocycles. The highest BCUT2D eigenvalue weighted by atomic mass is 35.5. The van der Waals surface area contributed by atoms with Crippen molar-refractivity contribution < 1.29 is 28.5 Å². The summed E-state index contributed by atoms with van der Waals surface area (Å²) < 4.78 is 23.3. The van der Waals surface area contributed by atoms with Crippen LogP contribution in [0, 0.1) is 5.92 Å². The summed E-state index contributed by atoms with van der Waals surface area (Å²) in [7, 11) is 0. The Morgan fingerprint density at radius 3 is 2.20 bits per heavy atom. The summed E-state index contributed by atoms with van der Waals surface area (Å²) in [6.07, 6.45) is 3.47. The lowest BCUT2D eigenvalue weighted by atomic mass is 9.82. The van der Waals surface area contributed by atoms with Gasteiger partial charge in [0.25, 0.3) is 0 Å². The van der Waals surface area contributed by atoms with E-state index >= 15 is 0 Å². The van der Waals surface area contributed by atoms with Gasteiger partial charge in [0.05, 0.1) is 5.02 Å². The number of halogens is 1. The third-order valence-electron chi connectivity index (χ3n) is 6.82. The summed E-state index contributed by atoms with van der Waals surface area (Å²) in [6.45, 7) is 13.1. The van der Waals surface area contributed by atoms with Gasteiger partial charge in [-0.15, -0.1) is 0 Å². The largest absolute Gasteiger partial charge is 0.489 e. The Hall–Kier alpha value is -2.99. The van der Waals surface area contributed by atoms with E-state index in [1.54, 1.807) is 13.8 Å². The van der Waals surface area contributed by atoms with Crippen LogP contribution in [0.25, 0.3) is 10.8 Å². The van der Waals surface area contributed by atoms with Gasteiger partial charge in [-0.2, -0.15) is 0 Å². The van der Waals surface area contributed by atoms with Gasteiger partial charge in [0.15, 0.2) is 0 Å². The smallest absolute Gasteiger partial charge is 0.330 e. The van der Waals surface area contributed by atoms with E-state index in [0.717, 1.165) is 58.4 Å². The van der Waals surface area contributed by atoms with Crippen molar-refractivity contribution in [2.24, 2.45) is 5.92 Å². The summed E-state index contributed by atoms with van der Waals surface area (Å²) in [6, 6.07) is 5.69. The van der Waals surface area contributed by atoms with Crippen molar-refractivity contribution in [3.8, 4) is 11.5 Å².